The maximum absolute atomic E-state index is 13.1. The number of carbonyl (C=O) groups excluding carboxylic acids is 4. The summed E-state index contributed by atoms with van der Waals surface area (Å²) in [6, 6.07) is 0. The van der Waals surface area contributed by atoms with Crippen molar-refractivity contribution in [3.05, 3.63) is 0 Å². The number of carbonyl (C=O) groups is 4. The van der Waals surface area contributed by atoms with Gasteiger partial charge in [-0.25, -0.2) is 9.13 Å². The van der Waals surface area contributed by atoms with Gasteiger partial charge in [-0.3, -0.25) is 37.3 Å². The van der Waals surface area contributed by atoms with Crippen LogP contribution in [0.25, 0.3) is 0 Å². The summed E-state index contributed by atoms with van der Waals surface area (Å²) in [7, 11) is -9.91. The van der Waals surface area contributed by atoms with Gasteiger partial charge in [0, 0.05) is 25.7 Å². The average molecular weight is 1410 g/mol. The molecule has 5 atom stereocenters. The highest BCUT2D eigenvalue weighted by atomic mass is 31.2. The van der Waals surface area contributed by atoms with Crippen molar-refractivity contribution in [3.63, 3.8) is 0 Å². The summed E-state index contributed by atoms with van der Waals surface area (Å²) < 4.78 is 68.5. The third-order valence-corrected chi connectivity index (χ3v) is 19.9. The molecule has 0 aromatic rings. The molecule has 17 nitrogen and oxygen atoms in total. The second-order valence-electron chi connectivity index (χ2n) is 28.7. The largest absolute Gasteiger partial charge is 0.472 e. The molecule has 0 saturated heterocycles. The van der Waals surface area contributed by atoms with Gasteiger partial charge >= 0.3 is 39.5 Å². The van der Waals surface area contributed by atoms with Crippen molar-refractivity contribution < 1.29 is 80.2 Å². The van der Waals surface area contributed by atoms with Crippen LogP contribution < -0.4 is 0 Å². The summed E-state index contributed by atoms with van der Waals surface area (Å²) >= 11 is 0. The van der Waals surface area contributed by atoms with Crippen molar-refractivity contribution in [2.45, 2.75) is 419 Å². The summed E-state index contributed by atoms with van der Waals surface area (Å²) in [5.41, 5.74) is 0. The Morgan fingerprint density at radius 1 is 0.281 bits per heavy atom. The van der Waals surface area contributed by atoms with Gasteiger partial charge in [0.2, 0.25) is 0 Å². The van der Waals surface area contributed by atoms with Crippen molar-refractivity contribution in [2.75, 3.05) is 39.6 Å². The molecular formula is C77H150O17P2. The first-order valence-electron chi connectivity index (χ1n) is 40.0. The lowest BCUT2D eigenvalue weighted by Gasteiger charge is -2.21. The van der Waals surface area contributed by atoms with Crippen LogP contribution in [-0.2, 0) is 65.4 Å². The number of aliphatic hydroxyl groups is 1. The number of hydrogen-bond acceptors (Lipinski definition) is 15. The maximum atomic E-state index is 13.1. The van der Waals surface area contributed by atoms with Gasteiger partial charge in [-0.15, -0.1) is 0 Å². The smallest absolute Gasteiger partial charge is 0.462 e. The quantitative estimate of drug-likeness (QED) is 0.0222. The number of hydrogen-bond donors (Lipinski definition) is 3. The number of ether oxygens (including phenoxy) is 4. The van der Waals surface area contributed by atoms with E-state index in [4.69, 9.17) is 37.0 Å². The standard InChI is InChI=1S/C77H150O17P2/c1-7-9-11-13-15-17-36-43-49-55-61-76(81)93-72(65-87-74(79)59-53-47-41-33-16-14-12-10-8-2)67-91-95(83,84)89-63-71(78)64-90-96(85,86)92-68-73(66-88-75(80)60-54-48-42-37-31-27-24-20-22-26-30-35-40-46-52-58-70(5)6)94-77(82)62-56-50-44-38-32-28-23-19-18-21-25-29-34-39-45-51-57-69(3)4/h69-73,78H,7-68H2,1-6H3,(H,83,84)(H,85,86)/t71-,72+,73+/m0/s1. The molecule has 0 saturated carbocycles. The summed E-state index contributed by atoms with van der Waals surface area (Å²) in [4.78, 5) is 72.7. The molecule has 0 rings (SSSR count). The normalized spacial score (nSPS) is 14.0. The fourth-order valence-corrected chi connectivity index (χ4v) is 13.4. The highest BCUT2D eigenvalue weighted by molar-refractivity contribution is 7.47. The molecular weight excluding hydrogens is 1260 g/mol. The first kappa shape index (κ1) is 94.1. The molecule has 0 aliphatic rings. The minimum Gasteiger partial charge on any atom is -0.462 e. The Hall–Kier alpha value is -1.94. The monoisotopic (exact) mass is 1410 g/mol. The molecule has 0 heterocycles. The van der Waals surface area contributed by atoms with E-state index in [0.717, 1.165) is 102 Å². The molecule has 570 valence electrons. The van der Waals surface area contributed by atoms with E-state index in [0.29, 0.717) is 25.7 Å². The fourth-order valence-electron chi connectivity index (χ4n) is 11.8. The number of unbranched alkanes of at least 4 members (excludes halogenated alkanes) is 46. The Balaban J connectivity index is 5.19. The van der Waals surface area contributed by atoms with E-state index in [1.807, 2.05) is 0 Å². The minimum atomic E-state index is -4.96. The summed E-state index contributed by atoms with van der Waals surface area (Å²) in [5, 5.41) is 10.6. The minimum absolute atomic E-state index is 0.107. The van der Waals surface area contributed by atoms with Gasteiger partial charge in [0.15, 0.2) is 12.2 Å². The number of esters is 4. The van der Waals surface area contributed by atoms with E-state index in [9.17, 15) is 43.2 Å². The highest BCUT2D eigenvalue weighted by Crippen LogP contribution is 2.45. The van der Waals surface area contributed by atoms with Gasteiger partial charge < -0.3 is 33.8 Å². The molecule has 0 aliphatic heterocycles. The fraction of sp³-hybridized carbons (Fsp3) is 0.948. The van der Waals surface area contributed by atoms with Crippen molar-refractivity contribution in [1.82, 2.24) is 0 Å². The predicted octanol–water partition coefficient (Wildman–Crippen LogP) is 22.7. The van der Waals surface area contributed by atoms with Gasteiger partial charge in [-0.05, 0) is 37.5 Å². The molecule has 19 heteroatoms. The third kappa shape index (κ3) is 70.5. The molecule has 2 unspecified atom stereocenters. The lowest BCUT2D eigenvalue weighted by molar-refractivity contribution is -0.161. The lowest BCUT2D eigenvalue weighted by atomic mass is 10.0. The van der Waals surface area contributed by atoms with Crippen molar-refractivity contribution in [3.8, 4) is 0 Å². The number of aliphatic hydroxyl groups excluding tert-OH is 1. The van der Waals surface area contributed by atoms with Crippen molar-refractivity contribution >= 4 is 39.5 Å². The zero-order valence-corrected chi connectivity index (χ0v) is 64.5. The van der Waals surface area contributed by atoms with Gasteiger partial charge in [0.25, 0.3) is 0 Å². The van der Waals surface area contributed by atoms with Crippen LogP contribution in [0.3, 0.4) is 0 Å². The zero-order valence-electron chi connectivity index (χ0n) is 62.7. The zero-order chi connectivity index (χ0) is 70.7. The maximum Gasteiger partial charge on any atom is 0.472 e. The first-order valence-corrected chi connectivity index (χ1v) is 43.0. The molecule has 0 fully saturated rings. The van der Waals surface area contributed by atoms with Crippen molar-refractivity contribution in [1.29, 1.82) is 0 Å². The van der Waals surface area contributed by atoms with E-state index in [-0.39, 0.29) is 25.7 Å². The molecule has 0 spiro atoms. The van der Waals surface area contributed by atoms with E-state index in [2.05, 4.69) is 41.5 Å². The Kier molecular flexibility index (Phi) is 67.4. The summed E-state index contributed by atoms with van der Waals surface area (Å²) in [6.45, 7) is 9.64. The number of phosphoric acid groups is 2. The molecule has 0 bridgehead atoms. The van der Waals surface area contributed by atoms with E-state index >= 15 is 0 Å². The van der Waals surface area contributed by atoms with E-state index in [1.165, 1.54) is 218 Å². The molecule has 0 radical (unpaired) electrons. The van der Waals surface area contributed by atoms with E-state index in [1.54, 1.807) is 0 Å². The van der Waals surface area contributed by atoms with Crippen LogP contribution in [0.5, 0.6) is 0 Å². The van der Waals surface area contributed by atoms with Gasteiger partial charge in [0.1, 0.15) is 19.3 Å². The summed E-state index contributed by atoms with van der Waals surface area (Å²) in [6.07, 6.45) is 56.9. The van der Waals surface area contributed by atoms with Crippen LogP contribution in [0.4, 0.5) is 0 Å². The van der Waals surface area contributed by atoms with Crippen LogP contribution in [-0.4, -0.2) is 96.7 Å². The van der Waals surface area contributed by atoms with Gasteiger partial charge in [-0.2, -0.15) is 0 Å². The second kappa shape index (κ2) is 68.8. The Labute approximate surface area is 588 Å². The Morgan fingerprint density at radius 3 is 0.708 bits per heavy atom. The first-order chi connectivity index (χ1) is 46.4. The Bertz CT molecular complexity index is 1860. The predicted molar refractivity (Wildman–Crippen MR) is 391 cm³/mol. The number of rotatable bonds is 76. The molecule has 0 aliphatic carbocycles. The van der Waals surface area contributed by atoms with Gasteiger partial charge in [-0.1, -0.05) is 350 Å². The van der Waals surface area contributed by atoms with Crippen LogP contribution in [0, 0.1) is 11.8 Å². The lowest BCUT2D eigenvalue weighted by Crippen LogP contribution is -2.30. The molecule has 0 aromatic heterocycles. The third-order valence-electron chi connectivity index (χ3n) is 18.0. The Morgan fingerprint density at radius 2 is 0.479 bits per heavy atom. The van der Waals surface area contributed by atoms with E-state index < -0.39 is 97.5 Å². The van der Waals surface area contributed by atoms with Crippen molar-refractivity contribution in [2.24, 2.45) is 11.8 Å². The molecule has 0 amide bonds. The van der Waals surface area contributed by atoms with Crippen LogP contribution in [0.15, 0.2) is 0 Å². The summed E-state index contributed by atoms with van der Waals surface area (Å²) in [5.74, 6) is -0.500. The van der Waals surface area contributed by atoms with Gasteiger partial charge in [0.05, 0.1) is 26.4 Å². The topological polar surface area (TPSA) is 237 Å². The highest BCUT2D eigenvalue weighted by Gasteiger charge is 2.30. The molecule has 96 heavy (non-hydrogen) atoms. The molecule has 3 N–H and O–H groups in total. The SMILES string of the molecule is CCCCCCCCCCCCC(=O)O[C@H](COC(=O)CCCCCCCCCCC)COP(=O)(O)OC[C@H](O)COP(=O)(O)OC[C@@H](COC(=O)CCCCCCCCCCCCCCCCCC(C)C)OC(=O)CCCCCCCCCCCCCCCCCCC(C)C. The van der Waals surface area contributed by atoms with Crippen LogP contribution >= 0.6 is 15.6 Å². The van der Waals surface area contributed by atoms with Crippen LogP contribution in [0.2, 0.25) is 0 Å². The van der Waals surface area contributed by atoms with Crippen LogP contribution in [0.1, 0.15) is 401 Å². The second-order valence-corrected chi connectivity index (χ2v) is 31.6. The molecule has 0 aromatic carbocycles. The average Bonchev–Trinajstić information content (AvgIpc) is 1.57. The number of phosphoric ester groups is 2.